The molecule has 7 heteroatoms. The SMILES string of the molecule is Cc1ccc(NC(=O)[C@H](C)OC(=O)c2ccc3c(c2)C(=O)N(C(C)C)C3=O)cc1. The quantitative estimate of drug-likeness (QED) is 0.621. The summed E-state index contributed by atoms with van der Waals surface area (Å²) in [5.41, 5.74) is 2.17. The highest BCUT2D eigenvalue weighted by molar-refractivity contribution is 6.22. The van der Waals surface area contributed by atoms with Crippen LogP contribution < -0.4 is 5.32 Å². The lowest BCUT2D eigenvalue weighted by Gasteiger charge is -2.17. The Labute approximate surface area is 168 Å². The summed E-state index contributed by atoms with van der Waals surface area (Å²) < 4.78 is 5.23. The molecule has 1 N–H and O–H groups in total. The Morgan fingerprint density at radius 2 is 1.55 bits per heavy atom. The van der Waals surface area contributed by atoms with Gasteiger partial charge in [-0.25, -0.2) is 4.79 Å². The van der Waals surface area contributed by atoms with Crippen molar-refractivity contribution in [3.63, 3.8) is 0 Å². The molecule has 3 amide bonds. The van der Waals surface area contributed by atoms with Crippen molar-refractivity contribution in [1.82, 2.24) is 4.90 Å². The molecule has 0 saturated heterocycles. The van der Waals surface area contributed by atoms with Crippen molar-refractivity contribution in [3.05, 3.63) is 64.7 Å². The zero-order chi connectivity index (χ0) is 21.3. The second-order valence-corrected chi connectivity index (χ2v) is 7.24. The van der Waals surface area contributed by atoms with Crippen molar-refractivity contribution >= 4 is 29.4 Å². The van der Waals surface area contributed by atoms with E-state index in [1.807, 2.05) is 19.1 Å². The largest absolute Gasteiger partial charge is 0.449 e. The standard InChI is InChI=1S/C22H22N2O5/c1-12(2)24-20(26)17-10-7-15(11-18(17)21(24)27)22(28)29-14(4)19(25)23-16-8-5-13(3)6-9-16/h5-12,14H,1-4H3,(H,23,25)/t14-/m0/s1. The minimum absolute atomic E-state index is 0.102. The lowest BCUT2D eigenvalue weighted by molar-refractivity contribution is -0.123. The van der Waals surface area contributed by atoms with Crippen LogP contribution in [0, 0.1) is 6.92 Å². The molecule has 0 radical (unpaired) electrons. The molecule has 1 aliphatic heterocycles. The van der Waals surface area contributed by atoms with Crippen molar-refractivity contribution in [2.75, 3.05) is 5.32 Å². The summed E-state index contributed by atoms with van der Waals surface area (Å²) >= 11 is 0. The molecule has 0 aliphatic carbocycles. The Morgan fingerprint density at radius 1 is 0.931 bits per heavy atom. The van der Waals surface area contributed by atoms with Crippen LogP contribution in [0.15, 0.2) is 42.5 Å². The van der Waals surface area contributed by atoms with Gasteiger partial charge in [0, 0.05) is 11.7 Å². The molecule has 0 spiro atoms. The summed E-state index contributed by atoms with van der Waals surface area (Å²) in [6.45, 7) is 6.88. The number of aryl methyl sites for hydroxylation is 1. The van der Waals surface area contributed by atoms with Gasteiger partial charge in [-0.1, -0.05) is 17.7 Å². The van der Waals surface area contributed by atoms with Crippen LogP contribution in [0.1, 0.15) is 57.4 Å². The fourth-order valence-corrected chi connectivity index (χ4v) is 3.02. The number of anilines is 1. The van der Waals surface area contributed by atoms with E-state index in [1.165, 1.54) is 25.1 Å². The molecule has 1 aliphatic rings. The van der Waals surface area contributed by atoms with Gasteiger partial charge in [-0.05, 0) is 58.0 Å². The number of ether oxygens (including phenoxy) is 1. The first-order valence-corrected chi connectivity index (χ1v) is 9.29. The highest BCUT2D eigenvalue weighted by Gasteiger charge is 2.37. The van der Waals surface area contributed by atoms with Gasteiger partial charge in [0.1, 0.15) is 0 Å². The fraction of sp³-hybridized carbons (Fsp3) is 0.273. The summed E-state index contributed by atoms with van der Waals surface area (Å²) in [6.07, 6.45) is -1.04. The van der Waals surface area contributed by atoms with Crippen LogP contribution in [0.3, 0.4) is 0 Å². The van der Waals surface area contributed by atoms with Crippen LogP contribution in [0.2, 0.25) is 0 Å². The lowest BCUT2D eigenvalue weighted by Crippen LogP contribution is -2.35. The van der Waals surface area contributed by atoms with Crippen molar-refractivity contribution in [3.8, 4) is 0 Å². The number of carbonyl (C=O) groups is 4. The minimum Gasteiger partial charge on any atom is -0.449 e. The molecule has 0 aromatic heterocycles. The highest BCUT2D eigenvalue weighted by Crippen LogP contribution is 2.26. The van der Waals surface area contributed by atoms with Crippen molar-refractivity contribution in [2.24, 2.45) is 0 Å². The summed E-state index contributed by atoms with van der Waals surface area (Å²) in [5, 5.41) is 2.68. The molecule has 2 aromatic carbocycles. The maximum Gasteiger partial charge on any atom is 0.338 e. The van der Waals surface area contributed by atoms with Gasteiger partial charge in [0.05, 0.1) is 16.7 Å². The summed E-state index contributed by atoms with van der Waals surface area (Å²) in [5.74, 6) is -2.05. The van der Waals surface area contributed by atoms with Crippen LogP contribution in [-0.4, -0.2) is 40.7 Å². The van der Waals surface area contributed by atoms with E-state index in [1.54, 1.807) is 26.0 Å². The smallest absolute Gasteiger partial charge is 0.338 e. The molecule has 150 valence electrons. The molecule has 3 rings (SSSR count). The lowest BCUT2D eigenvalue weighted by atomic mass is 10.1. The number of amides is 3. The van der Waals surface area contributed by atoms with Gasteiger partial charge in [0.25, 0.3) is 17.7 Å². The van der Waals surface area contributed by atoms with Crippen LogP contribution in [0.4, 0.5) is 5.69 Å². The topological polar surface area (TPSA) is 92.8 Å². The van der Waals surface area contributed by atoms with E-state index in [2.05, 4.69) is 5.32 Å². The molecular formula is C22H22N2O5. The Bertz CT molecular complexity index is 995. The number of fused-ring (bicyclic) bond motifs is 1. The van der Waals surface area contributed by atoms with Crippen LogP contribution >= 0.6 is 0 Å². The number of esters is 1. The van der Waals surface area contributed by atoms with Crippen molar-refractivity contribution < 1.29 is 23.9 Å². The van der Waals surface area contributed by atoms with Gasteiger partial charge in [-0.2, -0.15) is 0 Å². The second-order valence-electron chi connectivity index (χ2n) is 7.24. The highest BCUT2D eigenvalue weighted by atomic mass is 16.5. The molecule has 1 atom stereocenters. The zero-order valence-electron chi connectivity index (χ0n) is 16.7. The first kappa shape index (κ1) is 20.3. The average molecular weight is 394 g/mol. The van der Waals surface area contributed by atoms with E-state index in [-0.39, 0.29) is 28.6 Å². The third kappa shape index (κ3) is 4.03. The first-order chi connectivity index (χ1) is 13.7. The molecule has 7 nitrogen and oxygen atoms in total. The van der Waals surface area contributed by atoms with E-state index in [4.69, 9.17) is 4.74 Å². The van der Waals surface area contributed by atoms with Gasteiger partial charge in [-0.15, -0.1) is 0 Å². The Balaban J connectivity index is 1.70. The van der Waals surface area contributed by atoms with Gasteiger partial charge in [0.2, 0.25) is 0 Å². The van der Waals surface area contributed by atoms with E-state index in [0.717, 1.165) is 10.5 Å². The number of nitrogens with zero attached hydrogens (tertiary/aromatic N) is 1. The van der Waals surface area contributed by atoms with Crippen LogP contribution in [-0.2, 0) is 9.53 Å². The summed E-state index contributed by atoms with van der Waals surface area (Å²) in [6, 6.07) is 11.1. The summed E-state index contributed by atoms with van der Waals surface area (Å²) in [7, 11) is 0. The van der Waals surface area contributed by atoms with E-state index in [9.17, 15) is 19.2 Å². The molecule has 0 saturated carbocycles. The predicted octanol–water partition coefficient (Wildman–Crippen LogP) is 3.18. The first-order valence-electron chi connectivity index (χ1n) is 9.29. The van der Waals surface area contributed by atoms with E-state index >= 15 is 0 Å². The van der Waals surface area contributed by atoms with Gasteiger partial charge >= 0.3 is 5.97 Å². The maximum atomic E-state index is 12.5. The Morgan fingerprint density at radius 3 is 2.17 bits per heavy atom. The molecule has 1 heterocycles. The summed E-state index contributed by atoms with van der Waals surface area (Å²) in [4.78, 5) is 50.7. The third-order valence-electron chi connectivity index (χ3n) is 4.64. The molecule has 2 aromatic rings. The Kier molecular flexibility index (Phi) is 5.50. The molecule has 0 bridgehead atoms. The molecule has 0 unspecified atom stereocenters. The average Bonchev–Trinajstić information content (AvgIpc) is 2.93. The van der Waals surface area contributed by atoms with Crippen molar-refractivity contribution in [2.45, 2.75) is 39.8 Å². The monoisotopic (exact) mass is 394 g/mol. The number of carbonyl (C=O) groups excluding carboxylic acids is 4. The number of nitrogens with one attached hydrogen (secondary N) is 1. The van der Waals surface area contributed by atoms with Crippen LogP contribution in [0.25, 0.3) is 0 Å². The van der Waals surface area contributed by atoms with Gasteiger partial charge < -0.3 is 10.1 Å². The third-order valence-corrected chi connectivity index (χ3v) is 4.64. The minimum atomic E-state index is -1.04. The number of imide groups is 1. The number of hydrogen-bond donors (Lipinski definition) is 1. The number of hydrogen-bond acceptors (Lipinski definition) is 5. The van der Waals surface area contributed by atoms with E-state index in [0.29, 0.717) is 5.69 Å². The molecule has 29 heavy (non-hydrogen) atoms. The maximum absolute atomic E-state index is 12.5. The fourth-order valence-electron chi connectivity index (χ4n) is 3.02. The van der Waals surface area contributed by atoms with E-state index < -0.39 is 23.9 Å². The molecular weight excluding hydrogens is 372 g/mol. The predicted molar refractivity (Wildman–Crippen MR) is 107 cm³/mol. The number of rotatable bonds is 5. The van der Waals surface area contributed by atoms with Crippen molar-refractivity contribution in [1.29, 1.82) is 0 Å². The molecule has 0 fully saturated rings. The normalized spacial score (nSPS) is 14.0. The zero-order valence-corrected chi connectivity index (χ0v) is 16.7. The second kappa shape index (κ2) is 7.87. The number of benzene rings is 2. The Hall–Kier alpha value is -3.48. The van der Waals surface area contributed by atoms with Gasteiger partial charge in [0.15, 0.2) is 6.10 Å². The van der Waals surface area contributed by atoms with Gasteiger partial charge in [-0.3, -0.25) is 19.3 Å². The van der Waals surface area contributed by atoms with Crippen LogP contribution in [0.5, 0.6) is 0 Å².